The van der Waals surface area contributed by atoms with Crippen molar-refractivity contribution in [3.63, 3.8) is 0 Å². The molecule has 11 heteroatoms. The van der Waals surface area contributed by atoms with Gasteiger partial charge in [-0.2, -0.15) is 0 Å². The largest absolute Gasteiger partial charge is 0.544 e. The number of carbonyl (C=O) groups excluding carboxylic acids is 3. The van der Waals surface area contributed by atoms with Crippen molar-refractivity contribution in [3.8, 4) is 5.75 Å². The van der Waals surface area contributed by atoms with Crippen LogP contribution in [0.3, 0.4) is 0 Å². The zero-order valence-corrected chi connectivity index (χ0v) is 29.7. The molecule has 9 nitrogen and oxygen atoms in total. The second-order valence-electron chi connectivity index (χ2n) is 14.6. The van der Waals surface area contributed by atoms with Gasteiger partial charge < -0.3 is 29.0 Å². The van der Waals surface area contributed by atoms with Crippen molar-refractivity contribution in [1.29, 1.82) is 0 Å². The van der Waals surface area contributed by atoms with Gasteiger partial charge in [0.1, 0.15) is 23.4 Å². The van der Waals surface area contributed by atoms with E-state index in [0.717, 1.165) is 11.3 Å². The topological polar surface area (TPSA) is 112 Å². The molecule has 0 unspecified atom stereocenters. The molecule has 0 heterocycles. The molecule has 1 aromatic carbocycles. The van der Waals surface area contributed by atoms with Gasteiger partial charge in [0.15, 0.2) is 8.32 Å². The summed E-state index contributed by atoms with van der Waals surface area (Å²) in [5, 5.41) is 5.37. The molecule has 0 aliphatic heterocycles. The van der Waals surface area contributed by atoms with Crippen LogP contribution in [0.1, 0.15) is 67.9 Å². The standard InChI is InChI=1S/C30H54N2O7Si2/c1-28(2,3)38-27(35)32-23(19-21-15-17-22(18-16-21)39-41(13,14)30(7,8)9)25(33)31-24(26(34)36-10)20-37-40(11,12)29(4,5)6/h15-18,23-24H,19-20H2,1-14H3,(H,31,33)(H,32,35)/t23-,24+/m0/s1. The number of nitrogens with one attached hydrogen (secondary N) is 2. The summed E-state index contributed by atoms with van der Waals surface area (Å²) >= 11 is 0. The molecular weight excluding hydrogens is 557 g/mol. The molecule has 2 N–H and O–H groups in total. The molecule has 2 amide bonds. The first kappa shape index (κ1) is 36.6. The Kier molecular flexibility index (Phi) is 12.3. The smallest absolute Gasteiger partial charge is 0.408 e. The Morgan fingerprint density at radius 1 is 0.780 bits per heavy atom. The highest BCUT2D eigenvalue weighted by molar-refractivity contribution is 6.75. The number of hydrogen-bond donors (Lipinski definition) is 2. The Balaban J connectivity index is 3.19. The van der Waals surface area contributed by atoms with Gasteiger partial charge in [0.2, 0.25) is 14.2 Å². The molecule has 1 rings (SSSR count). The van der Waals surface area contributed by atoms with Crippen molar-refractivity contribution in [3.05, 3.63) is 29.8 Å². The summed E-state index contributed by atoms with van der Waals surface area (Å²) in [4.78, 5) is 38.8. The number of alkyl carbamates (subject to hydrolysis) is 1. The summed E-state index contributed by atoms with van der Waals surface area (Å²) in [7, 11) is -2.96. The number of ether oxygens (including phenoxy) is 2. The second-order valence-corrected chi connectivity index (χ2v) is 24.1. The molecule has 0 bridgehead atoms. The fourth-order valence-corrected chi connectivity index (χ4v) is 5.18. The highest BCUT2D eigenvalue weighted by Gasteiger charge is 2.40. The minimum atomic E-state index is -2.21. The number of hydrogen-bond acceptors (Lipinski definition) is 7. The minimum absolute atomic E-state index is 0.0342. The predicted molar refractivity (Wildman–Crippen MR) is 168 cm³/mol. The van der Waals surface area contributed by atoms with E-state index in [2.05, 4.69) is 78.4 Å². The summed E-state index contributed by atoms with van der Waals surface area (Å²) < 4.78 is 22.9. The van der Waals surface area contributed by atoms with E-state index in [4.69, 9.17) is 18.3 Å². The van der Waals surface area contributed by atoms with E-state index in [-0.39, 0.29) is 23.1 Å². The summed E-state index contributed by atoms with van der Waals surface area (Å²) in [5.74, 6) is -0.415. The fourth-order valence-electron chi connectivity index (χ4n) is 3.13. The highest BCUT2D eigenvalue weighted by atomic mass is 28.4. The second kappa shape index (κ2) is 13.7. The van der Waals surface area contributed by atoms with Crippen molar-refractivity contribution in [2.75, 3.05) is 13.7 Å². The van der Waals surface area contributed by atoms with E-state index in [9.17, 15) is 14.4 Å². The molecule has 2 atom stereocenters. The van der Waals surface area contributed by atoms with Gasteiger partial charge in [-0.25, -0.2) is 9.59 Å². The Bertz CT molecular complexity index is 1040. The number of methoxy groups -OCH3 is 1. The van der Waals surface area contributed by atoms with Crippen LogP contribution in [0.15, 0.2) is 24.3 Å². The van der Waals surface area contributed by atoms with Crippen LogP contribution >= 0.6 is 0 Å². The molecule has 1 aromatic rings. The fraction of sp³-hybridized carbons (Fsp3) is 0.700. The zero-order chi connectivity index (χ0) is 32.0. The summed E-state index contributed by atoms with van der Waals surface area (Å²) in [6.45, 7) is 26.5. The first-order valence-corrected chi connectivity index (χ1v) is 20.0. The SMILES string of the molecule is COC(=O)[C@@H](CO[Si](C)(C)C(C)(C)C)NC(=O)[C@H](Cc1ccc(O[Si](C)(C)C(C)(C)C)cc1)NC(=O)OC(C)(C)C. The van der Waals surface area contributed by atoms with E-state index in [1.807, 2.05) is 24.3 Å². The van der Waals surface area contributed by atoms with Crippen LogP contribution < -0.4 is 15.1 Å². The Morgan fingerprint density at radius 2 is 1.29 bits per heavy atom. The van der Waals surface area contributed by atoms with Crippen molar-refractivity contribution in [1.82, 2.24) is 10.6 Å². The quantitative estimate of drug-likeness (QED) is 0.227. The van der Waals surface area contributed by atoms with E-state index in [1.54, 1.807) is 20.8 Å². The molecule has 0 aliphatic carbocycles. The molecule has 0 aliphatic rings. The van der Waals surface area contributed by atoms with Crippen molar-refractivity contribution < 1.29 is 32.7 Å². The number of esters is 1. The van der Waals surface area contributed by atoms with Gasteiger partial charge in [0.25, 0.3) is 0 Å². The van der Waals surface area contributed by atoms with Crippen LogP contribution in [0, 0.1) is 0 Å². The number of carbonyl (C=O) groups is 3. The molecule has 0 fully saturated rings. The Hall–Kier alpha value is -2.38. The molecule has 234 valence electrons. The number of amides is 2. The molecule has 41 heavy (non-hydrogen) atoms. The van der Waals surface area contributed by atoms with Crippen molar-refractivity contribution in [2.24, 2.45) is 0 Å². The number of benzene rings is 1. The van der Waals surface area contributed by atoms with Gasteiger partial charge in [-0.3, -0.25) is 4.79 Å². The number of rotatable bonds is 11. The lowest BCUT2D eigenvalue weighted by molar-refractivity contribution is -0.146. The van der Waals surface area contributed by atoms with Crippen molar-refractivity contribution >= 4 is 34.6 Å². The normalized spacial score (nSPS) is 14.5. The Morgan fingerprint density at radius 3 is 1.73 bits per heavy atom. The summed E-state index contributed by atoms with van der Waals surface area (Å²) in [6.07, 6.45) is -0.565. The molecular formula is C30H54N2O7Si2. The maximum atomic E-state index is 13.5. The average Bonchev–Trinajstić information content (AvgIpc) is 2.79. The average molecular weight is 611 g/mol. The van der Waals surface area contributed by atoms with Crippen LogP contribution in [0.2, 0.25) is 36.3 Å². The third-order valence-electron chi connectivity index (χ3n) is 7.77. The van der Waals surface area contributed by atoms with Crippen LogP contribution in [0.25, 0.3) is 0 Å². The van der Waals surface area contributed by atoms with Crippen LogP contribution in [0.5, 0.6) is 5.75 Å². The lowest BCUT2D eigenvalue weighted by Gasteiger charge is -2.37. The molecule has 0 aromatic heterocycles. The molecule has 0 spiro atoms. The van der Waals surface area contributed by atoms with E-state index < -0.39 is 52.3 Å². The van der Waals surface area contributed by atoms with E-state index >= 15 is 0 Å². The molecule has 0 radical (unpaired) electrons. The van der Waals surface area contributed by atoms with Gasteiger partial charge in [-0.1, -0.05) is 53.7 Å². The highest BCUT2D eigenvalue weighted by Crippen LogP contribution is 2.38. The summed E-state index contributed by atoms with van der Waals surface area (Å²) in [6, 6.07) is 5.45. The van der Waals surface area contributed by atoms with Crippen LogP contribution in [0.4, 0.5) is 4.79 Å². The molecule has 0 saturated carbocycles. The maximum absolute atomic E-state index is 13.5. The van der Waals surface area contributed by atoms with E-state index in [1.165, 1.54) is 7.11 Å². The van der Waals surface area contributed by atoms with Gasteiger partial charge >= 0.3 is 12.1 Å². The third kappa shape index (κ3) is 11.8. The minimum Gasteiger partial charge on any atom is -0.544 e. The van der Waals surface area contributed by atoms with Gasteiger partial charge in [-0.05, 0) is 74.7 Å². The maximum Gasteiger partial charge on any atom is 0.408 e. The predicted octanol–water partition coefficient (Wildman–Crippen LogP) is 6.19. The monoisotopic (exact) mass is 610 g/mol. The lowest BCUT2D eigenvalue weighted by atomic mass is 10.0. The van der Waals surface area contributed by atoms with Crippen LogP contribution in [-0.2, 0) is 29.9 Å². The van der Waals surface area contributed by atoms with Gasteiger partial charge in [-0.15, -0.1) is 0 Å². The lowest BCUT2D eigenvalue weighted by Crippen LogP contribution is -2.55. The van der Waals surface area contributed by atoms with Gasteiger partial charge in [0, 0.05) is 6.42 Å². The third-order valence-corrected chi connectivity index (χ3v) is 16.6. The van der Waals surface area contributed by atoms with Gasteiger partial charge in [0.05, 0.1) is 13.7 Å². The van der Waals surface area contributed by atoms with Crippen LogP contribution in [-0.4, -0.2) is 66.0 Å². The Labute approximate surface area is 249 Å². The first-order valence-electron chi connectivity index (χ1n) is 14.2. The zero-order valence-electron chi connectivity index (χ0n) is 27.7. The van der Waals surface area contributed by atoms with Crippen molar-refractivity contribution in [2.45, 2.75) is 123 Å². The molecule has 0 saturated heterocycles. The summed E-state index contributed by atoms with van der Waals surface area (Å²) in [5.41, 5.74) is 0.0512. The first-order chi connectivity index (χ1) is 18.4. The van der Waals surface area contributed by atoms with E-state index in [0.29, 0.717) is 0 Å².